The third kappa shape index (κ3) is 4.64. The van der Waals surface area contributed by atoms with E-state index in [-0.39, 0.29) is 22.4 Å². The minimum Gasteiger partial charge on any atom is -0.495 e. The molecule has 0 fully saturated rings. The molecular formula is C14H15ClN4O3S. The van der Waals surface area contributed by atoms with Gasteiger partial charge in [-0.2, -0.15) is 0 Å². The van der Waals surface area contributed by atoms with Crippen molar-refractivity contribution >= 4 is 40.8 Å². The molecule has 23 heavy (non-hydrogen) atoms. The topological polar surface area (TPSA) is 110 Å². The van der Waals surface area contributed by atoms with Gasteiger partial charge in [0.1, 0.15) is 11.6 Å². The first-order valence-corrected chi connectivity index (χ1v) is 7.82. The molecular weight excluding hydrogens is 340 g/mol. The Labute approximate surface area is 141 Å². The largest absolute Gasteiger partial charge is 0.495 e. The monoisotopic (exact) mass is 354 g/mol. The molecule has 4 N–H and O–H groups in total. The number of nitrogen functional groups attached to an aromatic ring is 1. The maximum Gasteiger partial charge on any atom is 0.253 e. The highest BCUT2D eigenvalue weighted by Crippen LogP contribution is 2.28. The minimum atomic E-state index is -0.499. The summed E-state index contributed by atoms with van der Waals surface area (Å²) in [7, 11) is 1.51. The van der Waals surface area contributed by atoms with Crippen LogP contribution >= 0.6 is 23.4 Å². The SMILES string of the molecule is COc1ccc(NC(=O)[C@@H](C)Sc2nc(N)cc(=O)[nH]2)cc1Cl. The second-order valence-corrected chi connectivity index (χ2v) is 6.31. The standard InChI is InChI=1S/C14H15ClN4O3S/c1-7(23-14-18-11(16)6-12(20)19-14)13(21)17-8-3-4-10(22-2)9(15)5-8/h3-7H,1-2H3,(H,17,21)(H3,16,18,19,20)/t7-/m1/s1. The van der Waals surface area contributed by atoms with E-state index in [1.807, 2.05) is 0 Å². The van der Waals surface area contributed by atoms with Crippen molar-refractivity contribution in [2.75, 3.05) is 18.2 Å². The Hall–Kier alpha value is -2.19. The second-order valence-electron chi connectivity index (χ2n) is 4.57. The first-order valence-electron chi connectivity index (χ1n) is 6.57. The number of H-pyrrole nitrogens is 1. The molecule has 0 bridgehead atoms. The van der Waals surface area contributed by atoms with Crippen LogP contribution in [0.1, 0.15) is 6.92 Å². The van der Waals surface area contributed by atoms with E-state index in [1.165, 1.54) is 13.2 Å². The number of aromatic amines is 1. The molecule has 7 nitrogen and oxygen atoms in total. The van der Waals surface area contributed by atoms with Crippen LogP contribution in [-0.2, 0) is 4.79 Å². The predicted molar refractivity (Wildman–Crippen MR) is 91.2 cm³/mol. The third-order valence-electron chi connectivity index (χ3n) is 2.82. The molecule has 2 aromatic rings. The average Bonchev–Trinajstić information content (AvgIpc) is 2.46. The molecule has 0 saturated heterocycles. The van der Waals surface area contributed by atoms with Crippen LogP contribution in [0.25, 0.3) is 0 Å². The number of benzene rings is 1. The number of ether oxygens (including phenoxy) is 1. The summed E-state index contributed by atoms with van der Waals surface area (Å²) in [5.74, 6) is 0.362. The van der Waals surface area contributed by atoms with Gasteiger partial charge in [0, 0.05) is 11.8 Å². The van der Waals surface area contributed by atoms with E-state index < -0.39 is 5.25 Å². The number of aromatic nitrogens is 2. The number of carbonyl (C=O) groups excluding carboxylic acids is 1. The summed E-state index contributed by atoms with van der Waals surface area (Å²) in [6.07, 6.45) is 0. The molecule has 1 aromatic heterocycles. The molecule has 0 spiro atoms. The zero-order chi connectivity index (χ0) is 17.0. The minimum absolute atomic E-state index is 0.103. The highest BCUT2D eigenvalue weighted by atomic mass is 35.5. The molecule has 0 aliphatic carbocycles. The molecule has 2 rings (SSSR count). The van der Waals surface area contributed by atoms with Gasteiger partial charge in [-0.3, -0.25) is 9.59 Å². The van der Waals surface area contributed by atoms with Gasteiger partial charge in [0.15, 0.2) is 5.16 Å². The van der Waals surface area contributed by atoms with Gasteiger partial charge in [-0.05, 0) is 25.1 Å². The van der Waals surface area contributed by atoms with Gasteiger partial charge >= 0.3 is 0 Å². The number of halogens is 1. The molecule has 1 amide bonds. The summed E-state index contributed by atoms with van der Waals surface area (Å²) >= 11 is 7.11. The quantitative estimate of drug-likeness (QED) is 0.560. The van der Waals surface area contributed by atoms with Crippen molar-refractivity contribution in [1.29, 1.82) is 0 Å². The first-order chi connectivity index (χ1) is 10.9. The highest BCUT2D eigenvalue weighted by molar-refractivity contribution is 8.00. The van der Waals surface area contributed by atoms with Crippen LogP contribution in [0.2, 0.25) is 5.02 Å². The lowest BCUT2D eigenvalue weighted by atomic mass is 10.3. The van der Waals surface area contributed by atoms with Crippen molar-refractivity contribution in [3.63, 3.8) is 0 Å². The van der Waals surface area contributed by atoms with Crippen molar-refractivity contribution < 1.29 is 9.53 Å². The van der Waals surface area contributed by atoms with Crippen LogP contribution in [0.3, 0.4) is 0 Å². The number of rotatable bonds is 5. The number of amides is 1. The van der Waals surface area contributed by atoms with Gasteiger partial charge in [-0.25, -0.2) is 4.98 Å². The van der Waals surface area contributed by atoms with Gasteiger partial charge in [0.25, 0.3) is 5.56 Å². The molecule has 1 heterocycles. The van der Waals surface area contributed by atoms with Crippen LogP contribution in [0.15, 0.2) is 34.2 Å². The van der Waals surface area contributed by atoms with Crippen LogP contribution in [0, 0.1) is 0 Å². The zero-order valence-electron chi connectivity index (χ0n) is 12.4. The van der Waals surface area contributed by atoms with Crippen molar-refractivity contribution in [1.82, 2.24) is 9.97 Å². The van der Waals surface area contributed by atoms with E-state index in [0.717, 1.165) is 11.8 Å². The Balaban J connectivity index is 2.05. The number of nitrogens with zero attached hydrogens (tertiary/aromatic N) is 1. The van der Waals surface area contributed by atoms with Crippen molar-refractivity contribution in [2.24, 2.45) is 0 Å². The Morgan fingerprint density at radius 1 is 1.48 bits per heavy atom. The van der Waals surface area contributed by atoms with Crippen LogP contribution in [-0.4, -0.2) is 28.2 Å². The smallest absolute Gasteiger partial charge is 0.253 e. The number of methoxy groups -OCH3 is 1. The zero-order valence-corrected chi connectivity index (χ0v) is 14.0. The number of hydrogen-bond acceptors (Lipinski definition) is 6. The second kappa shape index (κ2) is 7.38. The lowest BCUT2D eigenvalue weighted by molar-refractivity contribution is -0.115. The lowest BCUT2D eigenvalue weighted by Gasteiger charge is -2.12. The Morgan fingerprint density at radius 2 is 2.22 bits per heavy atom. The third-order valence-corrected chi connectivity index (χ3v) is 4.10. The van der Waals surface area contributed by atoms with Gasteiger partial charge in [0.2, 0.25) is 5.91 Å². The summed E-state index contributed by atoms with van der Waals surface area (Å²) in [5, 5.41) is 2.91. The molecule has 0 saturated carbocycles. The van der Waals surface area contributed by atoms with E-state index in [4.69, 9.17) is 22.1 Å². The van der Waals surface area contributed by atoms with E-state index in [2.05, 4.69) is 15.3 Å². The van der Waals surface area contributed by atoms with Crippen molar-refractivity contribution in [3.05, 3.63) is 39.6 Å². The fourth-order valence-electron chi connectivity index (χ4n) is 1.72. The average molecular weight is 355 g/mol. The lowest BCUT2D eigenvalue weighted by Crippen LogP contribution is -2.23. The fourth-order valence-corrected chi connectivity index (χ4v) is 2.79. The van der Waals surface area contributed by atoms with Crippen LogP contribution in [0.5, 0.6) is 5.75 Å². The number of nitrogens with one attached hydrogen (secondary N) is 2. The Morgan fingerprint density at radius 3 is 2.83 bits per heavy atom. The van der Waals surface area contributed by atoms with E-state index in [1.54, 1.807) is 25.1 Å². The molecule has 0 aliphatic heterocycles. The molecule has 0 radical (unpaired) electrons. The van der Waals surface area contributed by atoms with Crippen molar-refractivity contribution in [3.8, 4) is 5.75 Å². The molecule has 9 heteroatoms. The fraction of sp³-hybridized carbons (Fsp3) is 0.214. The van der Waals surface area contributed by atoms with Gasteiger partial charge in [-0.1, -0.05) is 23.4 Å². The number of carbonyl (C=O) groups is 1. The number of hydrogen-bond donors (Lipinski definition) is 3. The van der Waals surface area contributed by atoms with Gasteiger partial charge < -0.3 is 20.8 Å². The summed E-state index contributed by atoms with van der Waals surface area (Å²) in [6.45, 7) is 1.69. The van der Waals surface area contributed by atoms with E-state index in [9.17, 15) is 9.59 Å². The van der Waals surface area contributed by atoms with Crippen molar-refractivity contribution in [2.45, 2.75) is 17.3 Å². The van der Waals surface area contributed by atoms with E-state index in [0.29, 0.717) is 16.5 Å². The molecule has 0 unspecified atom stereocenters. The molecule has 122 valence electrons. The number of anilines is 2. The summed E-state index contributed by atoms with van der Waals surface area (Å²) in [6, 6.07) is 6.11. The van der Waals surface area contributed by atoms with Gasteiger partial charge in [0.05, 0.1) is 17.4 Å². The first kappa shape index (κ1) is 17.2. The molecule has 1 atom stereocenters. The number of thioether (sulfide) groups is 1. The Kier molecular flexibility index (Phi) is 5.51. The normalized spacial score (nSPS) is 11.8. The summed E-state index contributed by atoms with van der Waals surface area (Å²) in [4.78, 5) is 30.0. The molecule has 1 aromatic carbocycles. The Bertz CT molecular complexity index is 781. The van der Waals surface area contributed by atoms with E-state index >= 15 is 0 Å². The van der Waals surface area contributed by atoms with Crippen LogP contribution in [0.4, 0.5) is 11.5 Å². The maximum absolute atomic E-state index is 12.2. The molecule has 0 aliphatic rings. The van der Waals surface area contributed by atoms with Crippen LogP contribution < -0.4 is 21.3 Å². The predicted octanol–water partition coefficient (Wildman–Crippen LogP) is 2.13. The number of nitrogens with two attached hydrogens (primary N) is 1. The maximum atomic E-state index is 12.2. The highest BCUT2D eigenvalue weighted by Gasteiger charge is 2.16. The summed E-state index contributed by atoms with van der Waals surface area (Å²) in [5.41, 5.74) is 5.68. The summed E-state index contributed by atoms with van der Waals surface area (Å²) < 4.78 is 5.05. The van der Waals surface area contributed by atoms with Gasteiger partial charge in [-0.15, -0.1) is 0 Å².